The molecule has 2 heteroatoms. The number of hydrogen-bond acceptors (Lipinski definition) is 1. The van der Waals surface area contributed by atoms with E-state index < -0.39 is 0 Å². The monoisotopic (exact) mass is 275 g/mol. The van der Waals surface area contributed by atoms with Gasteiger partial charge < -0.3 is 4.57 Å². The first-order valence-corrected chi connectivity index (χ1v) is 7.07. The van der Waals surface area contributed by atoms with Gasteiger partial charge >= 0.3 is 0 Å². The molecule has 0 aliphatic carbocycles. The summed E-state index contributed by atoms with van der Waals surface area (Å²) in [5.74, 6) is 0. The Morgan fingerprint density at radius 3 is 2.20 bits per heavy atom. The molecular weight excluding hydrogens is 262 g/mol. The number of hydrogen-bond donors (Lipinski definition) is 1. The molecule has 0 saturated heterocycles. The second kappa shape index (κ2) is 4.43. The highest BCUT2D eigenvalue weighted by atomic mass is 32.1. The Labute approximate surface area is 122 Å². The Kier molecular flexibility index (Phi) is 2.57. The average molecular weight is 275 g/mol. The van der Waals surface area contributed by atoms with Crippen LogP contribution in [-0.4, -0.2) is 4.57 Å². The third-order valence-electron chi connectivity index (χ3n) is 3.69. The molecule has 0 amide bonds. The number of thiol groups is 1. The maximum atomic E-state index is 4.64. The smallest absolute Gasteiger partial charge is 0.0552 e. The zero-order chi connectivity index (χ0) is 13.5. The van der Waals surface area contributed by atoms with E-state index in [1.807, 2.05) is 12.1 Å². The highest BCUT2D eigenvalue weighted by Crippen LogP contribution is 2.35. The van der Waals surface area contributed by atoms with E-state index in [-0.39, 0.29) is 0 Å². The van der Waals surface area contributed by atoms with E-state index in [9.17, 15) is 0 Å². The number of nitrogens with zero attached hydrogens (tertiary/aromatic N) is 1. The minimum absolute atomic E-state index is 1.02. The van der Waals surface area contributed by atoms with Crippen LogP contribution in [-0.2, 0) is 0 Å². The van der Waals surface area contributed by atoms with Crippen LogP contribution in [0.4, 0.5) is 0 Å². The van der Waals surface area contributed by atoms with E-state index in [1.54, 1.807) is 0 Å². The van der Waals surface area contributed by atoms with Crippen LogP contribution in [0.25, 0.3) is 27.5 Å². The van der Waals surface area contributed by atoms with Gasteiger partial charge in [0.1, 0.15) is 0 Å². The summed E-state index contributed by atoms with van der Waals surface area (Å²) in [7, 11) is 0. The SMILES string of the molecule is Sc1cccc2c1c1ccccc1n2-c1ccccc1. The van der Waals surface area contributed by atoms with Crippen molar-refractivity contribution >= 4 is 34.4 Å². The molecule has 4 rings (SSSR count). The van der Waals surface area contributed by atoms with Crippen LogP contribution in [0.3, 0.4) is 0 Å². The third-order valence-corrected chi connectivity index (χ3v) is 4.06. The minimum atomic E-state index is 1.02. The number of aromatic nitrogens is 1. The average Bonchev–Trinajstić information content (AvgIpc) is 2.84. The normalized spacial score (nSPS) is 11.2. The van der Waals surface area contributed by atoms with Crippen molar-refractivity contribution in [3.05, 3.63) is 72.8 Å². The third kappa shape index (κ3) is 1.58. The summed E-state index contributed by atoms with van der Waals surface area (Å²) in [4.78, 5) is 1.02. The zero-order valence-electron chi connectivity index (χ0n) is 10.8. The van der Waals surface area contributed by atoms with Gasteiger partial charge in [0, 0.05) is 21.4 Å². The van der Waals surface area contributed by atoms with Crippen molar-refractivity contribution < 1.29 is 0 Å². The lowest BCUT2D eigenvalue weighted by Gasteiger charge is -2.07. The van der Waals surface area contributed by atoms with Crippen molar-refractivity contribution in [2.24, 2.45) is 0 Å². The van der Waals surface area contributed by atoms with E-state index in [0.717, 1.165) is 4.90 Å². The minimum Gasteiger partial charge on any atom is -0.309 e. The molecular formula is C18H13NS. The van der Waals surface area contributed by atoms with Crippen LogP contribution in [0, 0.1) is 0 Å². The molecule has 1 aromatic heterocycles. The standard InChI is InChI=1S/C18H13NS/c20-17-12-6-11-16-18(17)14-9-4-5-10-15(14)19(16)13-7-2-1-3-8-13/h1-12,20H. The Balaban J connectivity index is 2.26. The first-order chi connectivity index (χ1) is 9.86. The maximum absolute atomic E-state index is 4.64. The highest BCUT2D eigenvalue weighted by molar-refractivity contribution is 7.80. The largest absolute Gasteiger partial charge is 0.309 e. The van der Waals surface area contributed by atoms with Crippen molar-refractivity contribution in [2.45, 2.75) is 4.90 Å². The van der Waals surface area contributed by atoms with Gasteiger partial charge in [-0.3, -0.25) is 0 Å². The maximum Gasteiger partial charge on any atom is 0.0552 e. The number of para-hydroxylation sites is 2. The van der Waals surface area contributed by atoms with Crippen molar-refractivity contribution in [1.29, 1.82) is 0 Å². The molecule has 3 aromatic carbocycles. The lowest BCUT2D eigenvalue weighted by molar-refractivity contribution is 1.18. The molecule has 0 spiro atoms. The van der Waals surface area contributed by atoms with E-state index >= 15 is 0 Å². The summed E-state index contributed by atoms with van der Waals surface area (Å²) in [5, 5.41) is 2.47. The number of benzene rings is 3. The molecule has 0 N–H and O–H groups in total. The van der Waals surface area contributed by atoms with Crippen LogP contribution in [0.15, 0.2) is 77.7 Å². The van der Waals surface area contributed by atoms with Gasteiger partial charge in [-0.25, -0.2) is 0 Å². The van der Waals surface area contributed by atoms with Gasteiger partial charge in [0.25, 0.3) is 0 Å². The molecule has 0 fully saturated rings. The molecule has 1 nitrogen and oxygen atoms in total. The van der Waals surface area contributed by atoms with Gasteiger partial charge in [-0.1, -0.05) is 42.5 Å². The summed E-state index contributed by atoms with van der Waals surface area (Å²) in [6.07, 6.45) is 0. The molecule has 0 bridgehead atoms. The topological polar surface area (TPSA) is 4.93 Å². The highest BCUT2D eigenvalue weighted by Gasteiger charge is 2.12. The van der Waals surface area contributed by atoms with Crippen molar-refractivity contribution in [1.82, 2.24) is 4.57 Å². The first-order valence-electron chi connectivity index (χ1n) is 6.63. The van der Waals surface area contributed by atoms with Crippen LogP contribution in [0.5, 0.6) is 0 Å². The summed E-state index contributed by atoms with van der Waals surface area (Å²) < 4.78 is 2.30. The summed E-state index contributed by atoms with van der Waals surface area (Å²) in [6, 6.07) is 25.2. The fourth-order valence-corrected chi connectivity index (χ4v) is 3.18. The molecule has 0 atom stereocenters. The molecule has 0 unspecified atom stereocenters. The Morgan fingerprint density at radius 2 is 1.35 bits per heavy atom. The summed E-state index contributed by atoms with van der Waals surface area (Å²) in [6.45, 7) is 0. The molecule has 0 aliphatic rings. The molecule has 0 radical (unpaired) electrons. The quantitative estimate of drug-likeness (QED) is 0.463. The van der Waals surface area contributed by atoms with Gasteiger partial charge in [-0.2, -0.15) is 0 Å². The number of fused-ring (bicyclic) bond motifs is 3. The Morgan fingerprint density at radius 1 is 0.650 bits per heavy atom. The molecule has 96 valence electrons. The fraction of sp³-hybridized carbons (Fsp3) is 0. The lowest BCUT2D eigenvalue weighted by Crippen LogP contribution is -1.92. The summed E-state index contributed by atoms with van der Waals surface area (Å²) in [5.41, 5.74) is 3.60. The molecule has 4 aromatic rings. The second-order valence-electron chi connectivity index (χ2n) is 4.86. The van der Waals surface area contributed by atoms with Gasteiger partial charge in [-0.05, 0) is 30.3 Å². The number of rotatable bonds is 1. The molecule has 0 saturated carbocycles. The Hall–Kier alpha value is -2.19. The predicted octanol–water partition coefficient (Wildman–Crippen LogP) is 5.07. The first kappa shape index (κ1) is 11.6. The second-order valence-corrected chi connectivity index (χ2v) is 5.34. The molecule has 0 aliphatic heterocycles. The van der Waals surface area contributed by atoms with E-state index in [2.05, 4.69) is 77.9 Å². The van der Waals surface area contributed by atoms with Gasteiger partial charge in [0.15, 0.2) is 0 Å². The fourth-order valence-electron chi connectivity index (χ4n) is 2.86. The van der Waals surface area contributed by atoms with E-state index in [1.165, 1.54) is 27.5 Å². The van der Waals surface area contributed by atoms with Crippen molar-refractivity contribution in [2.75, 3.05) is 0 Å². The van der Waals surface area contributed by atoms with Gasteiger partial charge in [0.2, 0.25) is 0 Å². The van der Waals surface area contributed by atoms with Gasteiger partial charge in [0.05, 0.1) is 11.0 Å². The Bertz CT molecular complexity index is 907. The predicted molar refractivity (Wildman–Crippen MR) is 88.0 cm³/mol. The molecule has 20 heavy (non-hydrogen) atoms. The van der Waals surface area contributed by atoms with Crippen LogP contribution < -0.4 is 0 Å². The summed E-state index contributed by atoms with van der Waals surface area (Å²) >= 11 is 4.64. The van der Waals surface area contributed by atoms with E-state index in [4.69, 9.17) is 0 Å². The van der Waals surface area contributed by atoms with Crippen molar-refractivity contribution in [3.63, 3.8) is 0 Å². The van der Waals surface area contributed by atoms with Gasteiger partial charge in [-0.15, -0.1) is 12.6 Å². The van der Waals surface area contributed by atoms with Crippen molar-refractivity contribution in [3.8, 4) is 5.69 Å². The zero-order valence-corrected chi connectivity index (χ0v) is 11.7. The van der Waals surface area contributed by atoms with Crippen LogP contribution in [0.2, 0.25) is 0 Å². The molecule has 1 heterocycles. The van der Waals surface area contributed by atoms with Crippen LogP contribution in [0.1, 0.15) is 0 Å². The van der Waals surface area contributed by atoms with E-state index in [0.29, 0.717) is 0 Å². The lowest BCUT2D eigenvalue weighted by atomic mass is 10.1. The van der Waals surface area contributed by atoms with Crippen LogP contribution >= 0.6 is 12.6 Å².